The van der Waals surface area contributed by atoms with Gasteiger partial charge in [-0.05, 0) is 36.8 Å². The zero-order chi connectivity index (χ0) is 16.3. The summed E-state index contributed by atoms with van der Waals surface area (Å²) in [6, 6.07) is 21.9. The van der Waals surface area contributed by atoms with Crippen LogP contribution < -0.4 is 5.32 Å². The van der Waals surface area contributed by atoms with Gasteiger partial charge in [-0.15, -0.1) is 0 Å². The van der Waals surface area contributed by atoms with E-state index >= 15 is 0 Å². The van der Waals surface area contributed by atoms with Crippen molar-refractivity contribution < 1.29 is 4.79 Å². The minimum absolute atomic E-state index is 0.0412. The minimum atomic E-state index is -0.417. The molecule has 0 saturated carbocycles. The molecular weight excluding hydrogens is 284 g/mol. The molecule has 2 aromatic carbocycles. The Bertz CT molecular complexity index is 632. The molecule has 1 amide bonds. The number of hydrogen-bond acceptors (Lipinski definition) is 2. The van der Waals surface area contributed by atoms with E-state index in [1.807, 2.05) is 48.5 Å². The Labute approximate surface area is 138 Å². The van der Waals surface area contributed by atoms with Crippen molar-refractivity contribution in [2.24, 2.45) is 0 Å². The normalized spacial score (nSPS) is 11.4. The van der Waals surface area contributed by atoms with Crippen LogP contribution in [0.4, 0.5) is 0 Å². The smallest absolute Gasteiger partial charge is 0.221 e. The molecule has 0 spiro atoms. The van der Waals surface area contributed by atoms with Crippen LogP contribution in [0.2, 0.25) is 0 Å². The number of amides is 1. The Kier molecular flexibility index (Phi) is 6.87. The zero-order valence-corrected chi connectivity index (χ0v) is 13.2. The second-order valence-corrected chi connectivity index (χ2v) is 5.61. The molecule has 0 heterocycles. The van der Waals surface area contributed by atoms with E-state index in [0.717, 1.165) is 19.3 Å². The molecular formula is C20H22N2O. The van der Waals surface area contributed by atoms with Crippen LogP contribution in [-0.2, 0) is 17.6 Å². The van der Waals surface area contributed by atoms with Crippen LogP contribution in [0.5, 0.6) is 0 Å². The highest BCUT2D eigenvalue weighted by molar-refractivity contribution is 5.76. The van der Waals surface area contributed by atoms with Crippen LogP contribution >= 0.6 is 0 Å². The van der Waals surface area contributed by atoms with Crippen molar-refractivity contribution in [1.82, 2.24) is 5.32 Å². The van der Waals surface area contributed by atoms with Gasteiger partial charge >= 0.3 is 0 Å². The van der Waals surface area contributed by atoms with Crippen molar-refractivity contribution >= 4 is 5.91 Å². The average molecular weight is 306 g/mol. The summed E-state index contributed by atoms with van der Waals surface area (Å²) in [5.74, 6) is -0.0412. The molecule has 1 N–H and O–H groups in total. The third-order valence-electron chi connectivity index (χ3n) is 3.77. The quantitative estimate of drug-likeness (QED) is 0.809. The van der Waals surface area contributed by atoms with E-state index in [4.69, 9.17) is 0 Å². The molecule has 0 bridgehead atoms. The maximum Gasteiger partial charge on any atom is 0.221 e. The van der Waals surface area contributed by atoms with Crippen molar-refractivity contribution in [2.75, 3.05) is 0 Å². The zero-order valence-electron chi connectivity index (χ0n) is 13.2. The molecule has 0 radical (unpaired) electrons. The van der Waals surface area contributed by atoms with Crippen molar-refractivity contribution in [3.8, 4) is 6.07 Å². The SMILES string of the molecule is N#CC(CCc1ccccc1)NC(=O)CCCc1ccccc1. The van der Waals surface area contributed by atoms with Crippen LogP contribution in [0.15, 0.2) is 60.7 Å². The number of rotatable bonds is 8. The summed E-state index contributed by atoms with van der Waals surface area (Å²) in [5.41, 5.74) is 2.42. The van der Waals surface area contributed by atoms with E-state index in [9.17, 15) is 10.1 Å². The Hall–Kier alpha value is -2.60. The lowest BCUT2D eigenvalue weighted by Gasteiger charge is -2.11. The van der Waals surface area contributed by atoms with Crippen molar-refractivity contribution in [3.05, 3.63) is 71.8 Å². The fourth-order valence-electron chi connectivity index (χ4n) is 2.49. The number of hydrogen-bond donors (Lipinski definition) is 1. The monoisotopic (exact) mass is 306 g/mol. The van der Waals surface area contributed by atoms with E-state index in [1.165, 1.54) is 11.1 Å². The van der Waals surface area contributed by atoms with Crippen LogP contribution in [0.1, 0.15) is 30.4 Å². The van der Waals surface area contributed by atoms with Gasteiger partial charge in [-0.1, -0.05) is 60.7 Å². The summed E-state index contributed by atoms with van der Waals surface area (Å²) in [4.78, 5) is 12.0. The largest absolute Gasteiger partial charge is 0.340 e. The average Bonchev–Trinajstić information content (AvgIpc) is 2.60. The number of aryl methyl sites for hydroxylation is 2. The molecule has 0 aromatic heterocycles. The van der Waals surface area contributed by atoms with Crippen LogP contribution in [0.3, 0.4) is 0 Å². The predicted molar refractivity (Wildman–Crippen MR) is 91.7 cm³/mol. The van der Waals surface area contributed by atoms with Gasteiger partial charge in [0.15, 0.2) is 0 Å². The first kappa shape index (κ1) is 16.8. The number of nitriles is 1. The van der Waals surface area contributed by atoms with Crippen molar-refractivity contribution in [1.29, 1.82) is 5.26 Å². The van der Waals surface area contributed by atoms with Crippen molar-refractivity contribution in [2.45, 2.75) is 38.1 Å². The van der Waals surface area contributed by atoms with Gasteiger partial charge in [0.05, 0.1) is 6.07 Å². The number of benzene rings is 2. The molecule has 118 valence electrons. The summed E-state index contributed by atoms with van der Waals surface area (Å²) >= 11 is 0. The van der Waals surface area contributed by atoms with E-state index in [-0.39, 0.29) is 5.91 Å². The van der Waals surface area contributed by atoms with E-state index < -0.39 is 6.04 Å². The molecule has 0 saturated heterocycles. The summed E-state index contributed by atoms with van der Waals surface area (Å²) in [6.45, 7) is 0. The van der Waals surface area contributed by atoms with Crippen LogP contribution in [0, 0.1) is 11.3 Å². The summed E-state index contributed by atoms with van der Waals surface area (Å²) in [7, 11) is 0. The van der Waals surface area contributed by atoms with E-state index in [2.05, 4.69) is 23.5 Å². The first-order valence-electron chi connectivity index (χ1n) is 8.05. The van der Waals surface area contributed by atoms with Gasteiger partial charge in [0.2, 0.25) is 5.91 Å². The maximum absolute atomic E-state index is 12.0. The van der Waals surface area contributed by atoms with E-state index in [1.54, 1.807) is 0 Å². The van der Waals surface area contributed by atoms with Gasteiger partial charge < -0.3 is 5.32 Å². The highest BCUT2D eigenvalue weighted by Gasteiger charge is 2.11. The Balaban J connectivity index is 1.69. The lowest BCUT2D eigenvalue weighted by molar-refractivity contribution is -0.121. The molecule has 1 unspecified atom stereocenters. The van der Waals surface area contributed by atoms with Crippen LogP contribution in [0.25, 0.3) is 0 Å². The van der Waals surface area contributed by atoms with Gasteiger partial charge in [-0.25, -0.2) is 0 Å². The van der Waals surface area contributed by atoms with E-state index in [0.29, 0.717) is 12.8 Å². The maximum atomic E-state index is 12.0. The minimum Gasteiger partial charge on any atom is -0.340 e. The number of carbonyl (C=O) groups is 1. The van der Waals surface area contributed by atoms with Gasteiger partial charge in [-0.3, -0.25) is 4.79 Å². The second kappa shape index (κ2) is 9.42. The fourth-order valence-corrected chi connectivity index (χ4v) is 2.49. The molecule has 23 heavy (non-hydrogen) atoms. The Morgan fingerprint density at radius 2 is 1.52 bits per heavy atom. The summed E-state index contributed by atoms with van der Waals surface area (Å²) < 4.78 is 0. The lowest BCUT2D eigenvalue weighted by atomic mass is 10.1. The molecule has 2 aromatic rings. The second-order valence-electron chi connectivity index (χ2n) is 5.61. The first-order valence-corrected chi connectivity index (χ1v) is 8.05. The molecule has 0 aliphatic heterocycles. The van der Waals surface area contributed by atoms with Crippen LogP contribution in [-0.4, -0.2) is 11.9 Å². The number of nitrogens with one attached hydrogen (secondary N) is 1. The number of nitrogens with zero attached hydrogens (tertiary/aromatic N) is 1. The third-order valence-corrected chi connectivity index (χ3v) is 3.77. The summed E-state index contributed by atoms with van der Waals surface area (Å²) in [6.07, 6.45) is 3.58. The highest BCUT2D eigenvalue weighted by atomic mass is 16.1. The van der Waals surface area contributed by atoms with Gasteiger partial charge in [0.1, 0.15) is 6.04 Å². The molecule has 0 fully saturated rings. The Morgan fingerprint density at radius 3 is 2.09 bits per heavy atom. The Morgan fingerprint density at radius 1 is 0.957 bits per heavy atom. The van der Waals surface area contributed by atoms with Crippen molar-refractivity contribution in [3.63, 3.8) is 0 Å². The van der Waals surface area contributed by atoms with Gasteiger partial charge in [0, 0.05) is 6.42 Å². The van der Waals surface area contributed by atoms with Gasteiger partial charge in [0.25, 0.3) is 0 Å². The van der Waals surface area contributed by atoms with Gasteiger partial charge in [-0.2, -0.15) is 5.26 Å². The first-order chi connectivity index (χ1) is 11.3. The molecule has 1 atom stereocenters. The topological polar surface area (TPSA) is 52.9 Å². The fraction of sp³-hybridized carbons (Fsp3) is 0.300. The molecule has 3 nitrogen and oxygen atoms in total. The molecule has 3 heteroatoms. The lowest BCUT2D eigenvalue weighted by Crippen LogP contribution is -2.34. The molecule has 0 aliphatic rings. The summed E-state index contributed by atoms with van der Waals surface area (Å²) in [5, 5.41) is 12.0. The number of carbonyl (C=O) groups excluding carboxylic acids is 1. The predicted octanol–water partition coefficient (Wildman–Crippen LogP) is 3.65. The third kappa shape index (κ3) is 6.36. The molecule has 2 rings (SSSR count). The molecule has 0 aliphatic carbocycles. The standard InChI is InChI=1S/C20H22N2O/c21-16-19(15-14-18-10-5-2-6-11-18)22-20(23)13-7-12-17-8-3-1-4-9-17/h1-6,8-11,19H,7,12-15H2,(H,22,23). The highest BCUT2D eigenvalue weighted by Crippen LogP contribution is 2.07.